The summed E-state index contributed by atoms with van der Waals surface area (Å²) < 4.78 is 12.7. The zero-order valence-corrected chi connectivity index (χ0v) is 8.60. The third-order valence-corrected chi connectivity index (χ3v) is 1.87. The molecule has 0 atom stereocenters. The van der Waals surface area contributed by atoms with E-state index >= 15 is 0 Å². The Bertz CT molecular complexity index is 355. The molecule has 0 saturated carbocycles. The van der Waals surface area contributed by atoms with E-state index in [1.165, 1.54) is 23.1 Å². The molecule has 0 aromatic heterocycles. The quantitative estimate of drug-likeness (QED) is 0.769. The van der Waals surface area contributed by atoms with Gasteiger partial charge in [0.2, 0.25) is 0 Å². The number of nitrogens with one attached hydrogen (secondary N) is 1. The minimum atomic E-state index is -0.505. The molecule has 0 saturated heterocycles. The summed E-state index contributed by atoms with van der Waals surface area (Å²) in [6.45, 7) is 0. The highest BCUT2D eigenvalue weighted by Crippen LogP contribution is 2.19. The zero-order chi connectivity index (χ0) is 10.7. The second-order valence-electron chi connectivity index (χ2n) is 2.95. The van der Waals surface area contributed by atoms with Crippen molar-refractivity contribution in [2.45, 2.75) is 0 Å². The highest BCUT2D eigenvalue weighted by atomic mass is 35.5. The summed E-state index contributed by atoms with van der Waals surface area (Å²) in [4.78, 5) is 12.6. The SMILES string of the molecule is CN(C)C(=O)Nc1ccc(F)c(Cl)c1. The molecule has 0 spiro atoms. The molecule has 0 aliphatic carbocycles. The summed E-state index contributed by atoms with van der Waals surface area (Å²) in [5.74, 6) is -0.505. The molecule has 5 heteroatoms. The fraction of sp³-hybridized carbons (Fsp3) is 0.222. The van der Waals surface area contributed by atoms with E-state index in [0.29, 0.717) is 5.69 Å². The largest absolute Gasteiger partial charge is 0.331 e. The maximum atomic E-state index is 12.7. The minimum absolute atomic E-state index is 0.0124. The first-order chi connectivity index (χ1) is 6.50. The molecule has 0 aliphatic rings. The van der Waals surface area contributed by atoms with E-state index in [-0.39, 0.29) is 11.1 Å². The Morgan fingerprint density at radius 1 is 1.50 bits per heavy atom. The summed E-state index contributed by atoms with van der Waals surface area (Å²) >= 11 is 5.54. The van der Waals surface area contributed by atoms with Crippen molar-refractivity contribution in [2.24, 2.45) is 0 Å². The molecule has 0 heterocycles. The summed E-state index contributed by atoms with van der Waals surface area (Å²) in [6.07, 6.45) is 0. The molecular formula is C9H10ClFN2O. The third-order valence-electron chi connectivity index (χ3n) is 1.58. The molecule has 3 nitrogen and oxygen atoms in total. The zero-order valence-electron chi connectivity index (χ0n) is 7.84. The smallest absolute Gasteiger partial charge is 0.321 e. The number of amides is 2. The molecule has 1 N–H and O–H groups in total. The minimum Gasteiger partial charge on any atom is -0.331 e. The first-order valence-corrected chi connectivity index (χ1v) is 4.32. The van der Waals surface area contributed by atoms with E-state index in [9.17, 15) is 9.18 Å². The average molecular weight is 217 g/mol. The number of urea groups is 1. The van der Waals surface area contributed by atoms with Gasteiger partial charge in [-0.15, -0.1) is 0 Å². The monoisotopic (exact) mass is 216 g/mol. The van der Waals surface area contributed by atoms with E-state index in [2.05, 4.69) is 5.32 Å². The predicted molar refractivity (Wildman–Crippen MR) is 54.1 cm³/mol. The topological polar surface area (TPSA) is 32.3 Å². The molecule has 0 aliphatic heterocycles. The van der Waals surface area contributed by atoms with Crippen molar-refractivity contribution in [3.05, 3.63) is 29.0 Å². The van der Waals surface area contributed by atoms with Gasteiger partial charge in [0.25, 0.3) is 0 Å². The van der Waals surface area contributed by atoms with Gasteiger partial charge in [0.05, 0.1) is 5.02 Å². The molecular weight excluding hydrogens is 207 g/mol. The van der Waals surface area contributed by atoms with Gasteiger partial charge < -0.3 is 10.2 Å². The number of hydrogen-bond acceptors (Lipinski definition) is 1. The number of benzene rings is 1. The summed E-state index contributed by atoms with van der Waals surface area (Å²) in [5.41, 5.74) is 0.468. The Balaban J connectivity index is 2.78. The molecule has 2 amide bonds. The Labute approximate surface area is 86.5 Å². The van der Waals surface area contributed by atoms with Crippen LogP contribution in [0.5, 0.6) is 0 Å². The van der Waals surface area contributed by atoms with Gasteiger partial charge in [0.1, 0.15) is 5.82 Å². The van der Waals surface area contributed by atoms with Crippen LogP contribution in [0.25, 0.3) is 0 Å². The van der Waals surface area contributed by atoms with Crippen LogP contribution >= 0.6 is 11.6 Å². The number of hydrogen-bond donors (Lipinski definition) is 1. The van der Waals surface area contributed by atoms with E-state index in [0.717, 1.165) is 0 Å². The summed E-state index contributed by atoms with van der Waals surface area (Å²) in [5, 5.41) is 2.53. The van der Waals surface area contributed by atoms with Crippen LogP contribution in [-0.4, -0.2) is 25.0 Å². The van der Waals surface area contributed by atoms with E-state index < -0.39 is 5.82 Å². The molecule has 0 fully saturated rings. The first kappa shape index (κ1) is 10.8. The summed E-state index contributed by atoms with van der Waals surface area (Å²) in [6, 6.07) is 3.72. The van der Waals surface area contributed by atoms with Crippen LogP contribution in [0.3, 0.4) is 0 Å². The van der Waals surface area contributed by atoms with Crippen LogP contribution in [0.2, 0.25) is 5.02 Å². The number of anilines is 1. The normalized spacial score (nSPS) is 9.71. The molecule has 1 rings (SSSR count). The van der Waals surface area contributed by atoms with Crippen molar-refractivity contribution in [2.75, 3.05) is 19.4 Å². The Kier molecular flexibility index (Phi) is 3.30. The molecule has 1 aromatic rings. The van der Waals surface area contributed by atoms with Crippen molar-refractivity contribution in [1.82, 2.24) is 4.90 Å². The second-order valence-corrected chi connectivity index (χ2v) is 3.36. The van der Waals surface area contributed by atoms with Gasteiger partial charge in [-0.25, -0.2) is 9.18 Å². The van der Waals surface area contributed by atoms with Crippen LogP contribution in [0, 0.1) is 5.82 Å². The van der Waals surface area contributed by atoms with Gasteiger partial charge in [0, 0.05) is 19.8 Å². The highest BCUT2D eigenvalue weighted by Gasteiger charge is 2.05. The standard InChI is InChI=1S/C9H10ClFN2O/c1-13(2)9(14)12-6-3-4-8(11)7(10)5-6/h3-5H,1-2H3,(H,12,14). The van der Waals surface area contributed by atoms with Gasteiger partial charge in [-0.05, 0) is 18.2 Å². The maximum Gasteiger partial charge on any atom is 0.321 e. The third kappa shape index (κ3) is 2.60. The van der Waals surface area contributed by atoms with Gasteiger partial charge in [0.15, 0.2) is 0 Å². The second kappa shape index (κ2) is 4.28. The molecule has 14 heavy (non-hydrogen) atoms. The van der Waals surface area contributed by atoms with Gasteiger partial charge in [-0.3, -0.25) is 0 Å². The van der Waals surface area contributed by atoms with Crippen molar-refractivity contribution in [3.63, 3.8) is 0 Å². The summed E-state index contributed by atoms with van der Waals surface area (Å²) in [7, 11) is 3.22. The number of nitrogens with zero attached hydrogens (tertiary/aromatic N) is 1. The lowest BCUT2D eigenvalue weighted by molar-refractivity contribution is 0.230. The lowest BCUT2D eigenvalue weighted by Crippen LogP contribution is -2.27. The van der Waals surface area contributed by atoms with Crippen molar-refractivity contribution >= 4 is 23.3 Å². The lowest BCUT2D eigenvalue weighted by Gasteiger charge is -2.11. The van der Waals surface area contributed by atoms with Crippen LogP contribution < -0.4 is 5.32 Å². The number of halogens is 2. The Morgan fingerprint density at radius 2 is 2.14 bits per heavy atom. The number of carbonyl (C=O) groups excluding carboxylic acids is 1. The molecule has 0 unspecified atom stereocenters. The number of rotatable bonds is 1. The van der Waals surface area contributed by atoms with E-state index in [1.54, 1.807) is 14.1 Å². The molecule has 1 aromatic carbocycles. The van der Waals surface area contributed by atoms with Crippen LogP contribution in [0.4, 0.5) is 14.9 Å². The Hall–Kier alpha value is -1.29. The average Bonchev–Trinajstić information content (AvgIpc) is 2.11. The van der Waals surface area contributed by atoms with Crippen LogP contribution in [0.1, 0.15) is 0 Å². The van der Waals surface area contributed by atoms with Crippen LogP contribution in [0.15, 0.2) is 18.2 Å². The number of carbonyl (C=O) groups is 1. The molecule has 0 radical (unpaired) electrons. The highest BCUT2D eigenvalue weighted by molar-refractivity contribution is 6.31. The Morgan fingerprint density at radius 3 is 2.64 bits per heavy atom. The lowest BCUT2D eigenvalue weighted by atomic mass is 10.3. The van der Waals surface area contributed by atoms with Gasteiger partial charge >= 0.3 is 6.03 Å². The van der Waals surface area contributed by atoms with E-state index in [4.69, 9.17) is 11.6 Å². The molecule has 76 valence electrons. The predicted octanol–water partition coefficient (Wildman–Crippen LogP) is 2.57. The first-order valence-electron chi connectivity index (χ1n) is 3.94. The fourth-order valence-electron chi connectivity index (χ4n) is 0.809. The fourth-order valence-corrected chi connectivity index (χ4v) is 0.990. The van der Waals surface area contributed by atoms with Gasteiger partial charge in [-0.1, -0.05) is 11.6 Å². The maximum absolute atomic E-state index is 12.7. The van der Waals surface area contributed by atoms with Crippen molar-refractivity contribution in [3.8, 4) is 0 Å². The van der Waals surface area contributed by atoms with Crippen LogP contribution in [-0.2, 0) is 0 Å². The van der Waals surface area contributed by atoms with Crippen molar-refractivity contribution < 1.29 is 9.18 Å². The van der Waals surface area contributed by atoms with Gasteiger partial charge in [-0.2, -0.15) is 0 Å². The molecule has 0 bridgehead atoms. The van der Waals surface area contributed by atoms with Crippen molar-refractivity contribution in [1.29, 1.82) is 0 Å². The van der Waals surface area contributed by atoms with E-state index in [1.807, 2.05) is 0 Å².